The molecule has 2 aromatic carbocycles. The molecule has 0 unspecified atom stereocenters. The van der Waals surface area contributed by atoms with Gasteiger partial charge in [-0.15, -0.1) is 0 Å². The van der Waals surface area contributed by atoms with E-state index in [0.717, 1.165) is 22.9 Å². The van der Waals surface area contributed by atoms with Crippen LogP contribution in [0.1, 0.15) is 22.9 Å². The summed E-state index contributed by atoms with van der Waals surface area (Å²) in [5.74, 6) is 1.18. The number of fused-ring (bicyclic) bond motifs is 2. The Morgan fingerprint density at radius 2 is 1.41 bits per heavy atom. The Morgan fingerprint density at radius 1 is 0.717 bits per heavy atom. The molecule has 12 heteroatoms. The fourth-order valence-corrected chi connectivity index (χ4v) is 6.36. The molecule has 0 saturated heterocycles. The van der Waals surface area contributed by atoms with Crippen LogP contribution in [0.4, 0.5) is 20.2 Å². The number of halogens is 4. The van der Waals surface area contributed by atoms with Crippen LogP contribution < -0.4 is 9.80 Å². The van der Waals surface area contributed by atoms with Gasteiger partial charge in [0.05, 0.1) is 34.5 Å². The van der Waals surface area contributed by atoms with Gasteiger partial charge in [0, 0.05) is 55.5 Å². The summed E-state index contributed by atoms with van der Waals surface area (Å²) in [5, 5.41) is 0.992. The Bertz CT molecular complexity index is 2080. The zero-order valence-corrected chi connectivity index (χ0v) is 25.7. The highest BCUT2D eigenvalue weighted by Crippen LogP contribution is 2.37. The quantitative estimate of drug-likeness (QED) is 0.184. The lowest BCUT2D eigenvalue weighted by Gasteiger charge is -2.28. The van der Waals surface area contributed by atoms with Crippen molar-refractivity contribution in [1.82, 2.24) is 19.9 Å². The summed E-state index contributed by atoms with van der Waals surface area (Å²) in [5.41, 5.74) is 4.09. The summed E-state index contributed by atoms with van der Waals surface area (Å²) in [7, 11) is 0. The van der Waals surface area contributed by atoms with Crippen LogP contribution in [0.15, 0.2) is 81.9 Å². The fourth-order valence-electron chi connectivity index (χ4n) is 5.95. The molecule has 0 saturated carbocycles. The van der Waals surface area contributed by atoms with Crippen LogP contribution in [-0.4, -0.2) is 33.0 Å². The smallest absolute Gasteiger partial charge is 0.245 e. The van der Waals surface area contributed by atoms with Crippen LogP contribution in [0.3, 0.4) is 0 Å². The van der Waals surface area contributed by atoms with Gasteiger partial charge in [0.15, 0.2) is 5.82 Å². The second-order valence-electron chi connectivity index (χ2n) is 11.1. The number of hydrogen-bond donors (Lipinski definition) is 0. The van der Waals surface area contributed by atoms with Crippen molar-refractivity contribution in [2.24, 2.45) is 0 Å². The van der Waals surface area contributed by atoms with Gasteiger partial charge in [0.25, 0.3) is 0 Å². The molecule has 0 fully saturated rings. The predicted octanol–water partition coefficient (Wildman–Crippen LogP) is 8.16. The van der Waals surface area contributed by atoms with Gasteiger partial charge in [0.2, 0.25) is 11.8 Å². The molecule has 0 radical (unpaired) electrons. The molecule has 2 aliphatic heterocycles. The summed E-state index contributed by atoms with van der Waals surface area (Å²) in [6.45, 7) is 1.91. The Balaban J connectivity index is 1.03. The van der Waals surface area contributed by atoms with Crippen molar-refractivity contribution >= 4 is 34.6 Å². The molecule has 0 bridgehead atoms. The lowest BCUT2D eigenvalue weighted by Crippen LogP contribution is -2.31. The van der Waals surface area contributed by atoms with Gasteiger partial charge in [-0.2, -0.15) is 0 Å². The predicted molar refractivity (Wildman–Crippen MR) is 171 cm³/mol. The minimum absolute atomic E-state index is 0.106. The lowest BCUT2D eigenvalue weighted by atomic mass is 10.0. The topological polar surface area (TPSA) is 84.3 Å². The second-order valence-corrected chi connectivity index (χ2v) is 11.9. The zero-order chi connectivity index (χ0) is 31.4. The van der Waals surface area contributed by atoms with Crippen LogP contribution in [0.5, 0.6) is 0 Å². The van der Waals surface area contributed by atoms with E-state index in [1.54, 1.807) is 29.3 Å². The first-order valence-electron chi connectivity index (χ1n) is 14.7. The largest absolute Gasteiger partial charge is 0.439 e. The van der Waals surface area contributed by atoms with E-state index in [1.807, 2.05) is 30.3 Å². The monoisotopic (exact) mass is 656 g/mol. The van der Waals surface area contributed by atoms with Crippen LogP contribution >= 0.6 is 23.2 Å². The number of hydrogen-bond acceptors (Lipinski definition) is 8. The molecule has 8 nitrogen and oxygen atoms in total. The van der Waals surface area contributed by atoms with Gasteiger partial charge in [-0.25, -0.2) is 18.7 Å². The number of aromatic nitrogens is 4. The van der Waals surface area contributed by atoms with Gasteiger partial charge in [0.1, 0.15) is 40.1 Å². The van der Waals surface area contributed by atoms with Crippen LogP contribution in [0.2, 0.25) is 10.0 Å². The Hall–Kier alpha value is -4.80. The van der Waals surface area contributed by atoms with Crippen molar-refractivity contribution < 1.29 is 17.6 Å². The molecule has 0 aliphatic carbocycles. The molecule has 2 aliphatic rings. The molecular formula is C34H24Cl2F2N6O2. The van der Waals surface area contributed by atoms with Gasteiger partial charge in [-0.3, -0.25) is 9.97 Å². The first kappa shape index (κ1) is 28.7. The number of pyridine rings is 2. The van der Waals surface area contributed by atoms with Gasteiger partial charge >= 0.3 is 0 Å². The van der Waals surface area contributed by atoms with E-state index >= 15 is 4.39 Å². The average Bonchev–Trinajstić information content (AvgIpc) is 3.71. The average molecular weight is 658 g/mol. The minimum atomic E-state index is -0.555. The standard InChI is InChI=1S/C34H24Cl2F2N6O2/c35-22-4-3-6-27(31(22)36)43-12-9-29-25(17-43)42-34(46-29)24-8-7-19(16-40-24)21-14-20(37)15-28(32(21)38)44-13-10-30-26(18-44)41-33(45-30)23-5-1-2-11-39-23/h1-8,11,14-16H,9-10,12-13,17-18H2. The molecule has 4 aromatic heterocycles. The maximum Gasteiger partial charge on any atom is 0.245 e. The van der Waals surface area contributed by atoms with Crippen molar-refractivity contribution in [3.05, 3.63) is 118 Å². The highest BCUT2D eigenvalue weighted by atomic mass is 35.5. The fraction of sp³-hybridized carbons (Fsp3) is 0.176. The maximum absolute atomic E-state index is 16.0. The summed E-state index contributed by atoms with van der Waals surface area (Å²) < 4.78 is 43.0. The highest BCUT2D eigenvalue weighted by molar-refractivity contribution is 6.43. The van der Waals surface area contributed by atoms with Crippen molar-refractivity contribution in [1.29, 1.82) is 0 Å². The summed E-state index contributed by atoms with van der Waals surface area (Å²) in [4.78, 5) is 22.0. The Kier molecular flexibility index (Phi) is 7.18. The van der Waals surface area contributed by atoms with E-state index in [1.165, 1.54) is 18.3 Å². The van der Waals surface area contributed by atoms with Crippen molar-refractivity contribution in [3.8, 4) is 34.3 Å². The summed E-state index contributed by atoms with van der Waals surface area (Å²) in [6.07, 6.45) is 4.31. The summed E-state index contributed by atoms with van der Waals surface area (Å²) in [6, 6.07) is 16.8. The lowest BCUT2D eigenvalue weighted by molar-refractivity contribution is 0.495. The first-order valence-corrected chi connectivity index (χ1v) is 15.4. The zero-order valence-electron chi connectivity index (χ0n) is 24.2. The van der Waals surface area contributed by atoms with Crippen molar-refractivity contribution in [2.75, 3.05) is 22.9 Å². The molecule has 46 heavy (non-hydrogen) atoms. The molecule has 8 rings (SSSR count). The van der Waals surface area contributed by atoms with Crippen molar-refractivity contribution in [3.63, 3.8) is 0 Å². The Morgan fingerprint density at radius 3 is 2.07 bits per heavy atom. The number of anilines is 2. The van der Waals surface area contributed by atoms with Gasteiger partial charge in [-0.1, -0.05) is 41.4 Å². The SMILES string of the molecule is Fc1cc(-c2ccc(-c3nc4c(o3)CCN(c3cccc(Cl)c3Cl)C4)nc2)c(F)c(N2CCc3oc(-c4ccccn4)nc3C2)c1. The van der Waals surface area contributed by atoms with E-state index in [9.17, 15) is 4.39 Å². The first-order chi connectivity index (χ1) is 22.4. The number of oxazole rings is 2. The van der Waals surface area contributed by atoms with Crippen LogP contribution in [0.25, 0.3) is 34.3 Å². The molecule has 6 aromatic rings. The van der Waals surface area contributed by atoms with E-state index in [0.29, 0.717) is 76.9 Å². The van der Waals surface area contributed by atoms with Crippen LogP contribution in [0, 0.1) is 11.6 Å². The van der Waals surface area contributed by atoms with E-state index in [-0.39, 0.29) is 17.8 Å². The van der Waals surface area contributed by atoms with Gasteiger partial charge < -0.3 is 18.6 Å². The second kappa shape index (κ2) is 11.5. The summed E-state index contributed by atoms with van der Waals surface area (Å²) >= 11 is 12.7. The number of nitrogens with zero attached hydrogens (tertiary/aromatic N) is 6. The van der Waals surface area contributed by atoms with Crippen LogP contribution in [-0.2, 0) is 25.9 Å². The maximum atomic E-state index is 16.0. The molecule has 230 valence electrons. The molecule has 0 spiro atoms. The third-order valence-corrected chi connectivity index (χ3v) is 9.07. The molecule has 0 atom stereocenters. The third-order valence-electron chi connectivity index (χ3n) is 8.26. The highest BCUT2D eigenvalue weighted by Gasteiger charge is 2.28. The number of rotatable bonds is 5. The normalized spacial score (nSPS) is 14.3. The van der Waals surface area contributed by atoms with E-state index in [4.69, 9.17) is 37.0 Å². The van der Waals surface area contributed by atoms with Gasteiger partial charge in [-0.05, 0) is 36.4 Å². The number of benzene rings is 2. The van der Waals surface area contributed by atoms with Crippen molar-refractivity contribution in [2.45, 2.75) is 25.9 Å². The molecular weight excluding hydrogens is 633 g/mol. The van der Waals surface area contributed by atoms with E-state index < -0.39 is 11.6 Å². The molecule has 0 N–H and O–H groups in total. The minimum Gasteiger partial charge on any atom is -0.439 e. The van der Waals surface area contributed by atoms with E-state index in [2.05, 4.69) is 19.9 Å². The molecule has 0 amide bonds. The molecule has 6 heterocycles. The Labute approximate surface area is 272 Å². The third kappa shape index (κ3) is 5.17.